The van der Waals surface area contributed by atoms with E-state index in [2.05, 4.69) is 0 Å². The Morgan fingerprint density at radius 3 is 2.56 bits per heavy atom. The number of aromatic nitrogens is 1. The van der Waals surface area contributed by atoms with E-state index in [1.807, 2.05) is 13.0 Å². The summed E-state index contributed by atoms with van der Waals surface area (Å²) in [5.74, 6) is -0.0206. The maximum Gasteiger partial charge on any atom is 0.294 e. The lowest BCUT2D eigenvalue weighted by Gasteiger charge is -2.00. The first-order valence-corrected chi connectivity index (χ1v) is 4.89. The molecule has 0 atom stereocenters. The molecule has 0 unspecified atom stereocenters. The van der Waals surface area contributed by atoms with Crippen LogP contribution < -0.4 is 5.56 Å². The predicted molar refractivity (Wildman–Crippen MR) is 58.6 cm³/mol. The molecule has 4 heteroatoms. The average molecular weight is 217 g/mol. The van der Waals surface area contributed by atoms with Crippen LogP contribution in [-0.2, 0) is 0 Å². The van der Waals surface area contributed by atoms with Gasteiger partial charge >= 0.3 is 0 Å². The third kappa shape index (κ3) is 1.82. The minimum atomic E-state index is -0.443. The minimum absolute atomic E-state index is 0.422. The summed E-state index contributed by atoms with van der Waals surface area (Å²) in [5.41, 5.74) is 0.961. The fourth-order valence-corrected chi connectivity index (χ4v) is 1.48. The van der Waals surface area contributed by atoms with Gasteiger partial charge in [0.15, 0.2) is 0 Å². The minimum Gasteiger partial charge on any atom is -0.373 e. The molecule has 82 valence electrons. The Morgan fingerprint density at radius 1 is 1.25 bits per heavy atom. The molecule has 2 rings (SSSR count). The molecule has 0 saturated carbocycles. The molecule has 0 aliphatic carbocycles. The molecule has 0 N–H and O–H groups in total. The number of carbonyl (C=O) groups is 1. The van der Waals surface area contributed by atoms with E-state index >= 15 is 0 Å². The van der Waals surface area contributed by atoms with Crippen LogP contribution in [-0.4, -0.2) is 10.6 Å². The maximum absolute atomic E-state index is 11.9. The first kappa shape index (κ1) is 10.4. The van der Waals surface area contributed by atoms with Crippen molar-refractivity contribution in [1.82, 2.24) is 4.74 Å². The van der Waals surface area contributed by atoms with Crippen molar-refractivity contribution in [3.63, 3.8) is 0 Å². The Hall–Kier alpha value is -2.10. The normalized spacial score (nSPS) is 10.4. The third-order valence-corrected chi connectivity index (χ3v) is 2.21. The molecule has 0 fully saturated rings. The lowest BCUT2D eigenvalue weighted by molar-refractivity contribution is 0.0834. The van der Waals surface area contributed by atoms with Crippen molar-refractivity contribution in [2.75, 3.05) is 0 Å². The summed E-state index contributed by atoms with van der Waals surface area (Å²) < 4.78 is 5.79. The van der Waals surface area contributed by atoms with Crippen LogP contribution in [0.5, 0.6) is 0 Å². The van der Waals surface area contributed by atoms with Gasteiger partial charge in [0.2, 0.25) is 0 Å². The lowest BCUT2D eigenvalue weighted by Crippen LogP contribution is -2.22. The second-order valence-electron chi connectivity index (χ2n) is 3.65. The Balaban J connectivity index is 2.47. The largest absolute Gasteiger partial charge is 0.373 e. The van der Waals surface area contributed by atoms with Gasteiger partial charge in [-0.1, -0.05) is 22.4 Å². The summed E-state index contributed by atoms with van der Waals surface area (Å²) in [4.78, 5) is 23.3. The molecule has 16 heavy (non-hydrogen) atoms. The van der Waals surface area contributed by atoms with E-state index in [1.165, 1.54) is 6.07 Å². The predicted octanol–water partition coefficient (Wildman–Crippen LogP) is 1.75. The van der Waals surface area contributed by atoms with Crippen LogP contribution in [0.15, 0.2) is 39.6 Å². The average Bonchev–Trinajstić information content (AvgIpc) is 2.57. The Morgan fingerprint density at radius 2 is 2.00 bits per heavy atom. The molecule has 0 bridgehead atoms. The first-order chi connectivity index (χ1) is 7.58. The van der Waals surface area contributed by atoms with Gasteiger partial charge in [-0.25, -0.2) is 0 Å². The van der Waals surface area contributed by atoms with E-state index in [4.69, 9.17) is 4.52 Å². The van der Waals surface area contributed by atoms with Crippen molar-refractivity contribution in [1.29, 1.82) is 0 Å². The van der Waals surface area contributed by atoms with Gasteiger partial charge in [0.25, 0.3) is 11.5 Å². The highest BCUT2D eigenvalue weighted by Crippen LogP contribution is 2.06. The molecule has 1 heterocycles. The highest BCUT2D eigenvalue weighted by molar-refractivity contribution is 5.95. The smallest absolute Gasteiger partial charge is 0.294 e. The zero-order chi connectivity index (χ0) is 11.7. The van der Waals surface area contributed by atoms with Gasteiger partial charge in [0, 0.05) is 11.6 Å². The Kier molecular flexibility index (Phi) is 2.48. The number of carbonyl (C=O) groups excluding carboxylic acids is 1. The van der Waals surface area contributed by atoms with Crippen molar-refractivity contribution < 1.29 is 9.32 Å². The molecule has 0 radical (unpaired) electrons. The quantitative estimate of drug-likeness (QED) is 0.731. The van der Waals surface area contributed by atoms with Crippen LogP contribution in [0.3, 0.4) is 0 Å². The van der Waals surface area contributed by atoms with Crippen molar-refractivity contribution >= 4 is 5.91 Å². The Bertz CT molecular complexity index is 592. The number of rotatable bonds is 1. The van der Waals surface area contributed by atoms with E-state index < -0.39 is 11.5 Å². The summed E-state index contributed by atoms with van der Waals surface area (Å²) in [5, 5.41) is 0. The summed E-state index contributed by atoms with van der Waals surface area (Å²) in [7, 11) is 0. The van der Waals surface area contributed by atoms with Crippen molar-refractivity contribution in [3.8, 4) is 0 Å². The molecule has 0 aliphatic heterocycles. The van der Waals surface area contributed by atoms with Gasteiger partial charge in [-0.2, -0.15) is 0 Å². The lowest BCUT2D eigenvalue weighted by atomic mass is 10.1. The monoisotopic (exact) mass is 217 g/mol. The van der Waals surface area contributed by atoms with Gasteiger partial charge in [-0.15, -0.1) is 0 Å². The van der Waals surface area contributed by atoms with Gasteiger partial charge in [0.1, 0.15) is 5.76 Å². The molecule has 0 spiro atoms. The molecule has 0 aliphatic rings. The van der Waals surface area contributed by atoms with Crippen LogP contribution in [0.4, 0.5) is 0 Å². The summed E-state index contributed by atoms with van der Waals surface area (Å²) in [6.45, 7) is 3.51. The first-order valence-electron chi connectivity index (χ1n) is 4.89. The number of hydrogen-bond donors (Lipinski definition) is 0. The number of benzene rings is 1. The van der Waals surface area contributed by atoms with E-state index in [1.54, 1.807) is 25.1 Å². The van der Waals surface area contributed by atoms with Crippen LogP contribution in [0.2, 0.25) is 0 Å². The molecular formula is C12H11NO3. The molecule has 1 aromatic carbocycles. The van der Waals surface area contributed by atoms with E-state index in [-0.39, 0.29) is 0 Å². The fourth-order valence-electron chi connectivity index (χ4n) is 1.48. The van der Waals surface area contributed by atoms with E-state index in [0.29, 0.717) is 11.3 Å². The van der Waals surface area contributed by atoms with Crippen LogP contribution >= 0.6 is 0 Å². The number of hydrogen-bond acceptors (Lipinski definition) is 3. The molecule has 0 amide bonds. The van der Waals surface area contributed by atoms with Crippen LogP contribution in [0.25, 0.3) is 0 Å². The molecule has 4 nitrogen and oxygen atoms in total. The van der Waals surface area contributed by atoms with Gasteiger partial charge in [-0.3, -0.25) is 9.59 Å². The molecule has 0 saturated heterocycles. The Labute approximate surface area is 92.1 Å². The highest BCUT2D eigenvalue weighted by Gasteiger charge is 2.13. The summed E-state index contributed by atoms with van der Waals surface area (Å²) in [6, 6.07) is 8.30. The number of nitrogens with zero attached hydrogens (tertiary/aromatic N) is 1. The highest BCUT2D eigenvalue weighted by atomic mass is 16.5. The van der Waals surface area contributed by atoms with Crippen molar-refractivity contribution in [2.24, 2.45) is 0 Å². The molecular weight excluding hydrogens is 206 g/mol. The SMILES string of the molecule is Cc1cccc(C(=O)n2oc(C)cc2=O)c1. The van der Waals surface area contributed by atoms with Crippen LogP contribution in [0.1, 0.15) is 21.7 Å². The maximum atomic E-state index is 11.9. The van der Waals surface area contributed by atoms with Crippen molar-refractivity contribution in [3.05, 3.63) is 57.6 Å². The standard InChI is InChI=1S/C12H11NO3/c1-8-4-3-5-10(6-8)12(15)13-11(14)7-9(2)16-13/h3-7H,1-2H3. The molecule has 1 aromatic heterocycles. The fraction of sp³-hybridized carbons (Fsp3) is 0.167. The van der Waals surface area contributed by atoms with E-state index in [0.717, 1.165) is 10.3 Å². The summed E-state index contributed by atoms with van der Waals surface area (Å²) >= 11 is 0. The topological polar surface area (TPSA) is 52.2 Å². The zero-order valence-corrected chi connectivity index (χ0v) is 9.06. The van der Waals surface area contributed by atoms with Gasteiger partial charge < -0.3 is 4.52 Å². The van der Waals surface area contributed by atoms with Gasteiger partial charge in [0.05, 0.1) is 0 Å². The second kappa shape index (κ2) is 3.81. The third-order valence-electron chi connectivity index (χ3n) is 2.21. The van der Waals surface area contributed by atoms with Crippen molar-refractivity contribution in [2.45, 2.75) is 13.8 Å². The zero-order valence-electron chi connectivity index (χ0n) is 9.06. The molecule has 2 aromatic rings. The van der Waals surface area contributed by atoms with E-state index in [9.17, 15) is 9.59 Å². The summed E-state index contributed by atoms with van der Waals surface area (Å²) in [6.07, 6.45) is 0. The second-order valence-corrected chi connectivity index (χ2v) is 3.65. The van der Waals surface area contributed by atoms with Crippen LogP contribution in [0, 0.1) is 13.8 Å². The number of aryl methyl sites for hydroxylation is 2. The van der Waals surface area contributed by atoms with Gasteiger partial charge in [-0.05, 0) is 26.0 Å².